The lowest BCUT2D eigenvalue weighted by Crippen LogP contribution is -2.33. The fraction of sp³-hybridized carbons (Fsp3) is 0.333. The van der Waals surface area contributed by atoms with E-state index in [-0.39, 0.29) is 5.56 Å². The molecule has 0 radical (unpaired) electrons. The van der Waals surface area contributed by atoms with Crippen LogP contribution in [0.3, 0.4) is 0 Å². The second-order valence-electron chi connectivity index (χ2n) is 2.89. The standard InChI is InChI=1S/C9H12N2O3/c1-14-9(13)7(10)4-6-2-3-8(12)11-5-6/h2-3,5,7H,4,10H2,1H3,(H,11,12)/t7-/m0/s1. The third kappa shape index (κ3) is 2.70. The first-order valence-electron chi connectivity index (χ1n) is 4.14. The van der Waals surface area contributed by atoms with Crippen LogP contribution in [0.1, 0.15) is 5.56 Å². The lowest BCUT2D eigenvalue weighted by atomic mass is 10.1. The number of rotatable bonds is 3. The molecule has 1 aromatic rings. The Labute approximate surface area is 80.9 Å². The SMILES string of the molecule is COC(=O)[C@@H](N)Cc1ccc(=O)[nH]c1. The summed E-state index contributed by atoms with van der Waals surface area (Å²) in [7, 11) is 1.29. The fourth-order valence-corrected chi connectivity index (χ4v) is 1.06. The Kier molecular flexibility index (Phi) is 3.41. The largest absolute Gasteiger partial charge is 0.468 e. The summed E-state index contributed by atoms with van der Waals surface area (Å²) in [6.45, 7) is 0. The molecule has 5 heteroatoms. The number of H-pyrrole nitrogens is 1. The molecular formula is C9H12N2O3. The molecular weight excluding hydrogens is 184 g/mol. The van der Waals surface area contributed by atoms with E-state index in [0.717, 1.165) is 5.56 Å². The van der Waals surface area contributed by atoms with Gasteiger partial charge < -0.3 is 15.5 Å². The number of hydrogen-bond donors (Lipinski definition) is 2. The molecule has 0 saturated heterocycles. The predicted molar refractivity (Wildman–Crippen MR) is 50.8 cm³/mol. The van der Waals surface area contributed by atoms with Gasteiger partial charge >= 0.3 is 5.97 Å². The number of hydrogen-bond acceptors (Lipinski definition) is 4. The smallest absolute Gasteiger partial charge is 0.322 e. The van der Waals surface area contributed by atoms with E-state index in [2.05, 4.69) is 9.72 Å². The number of aromatic amines is 1. The van der Waals surface area contributed by atoms with E-state index >= 15 is 0 Å². The summed E-state index contributed by atoms with van der Waals surface area (Å²) >= 11 is 0. The molecule has 76 valence electrons. The lowest BCUT2D eigenvalue weighted by molar-refractivity contribution is -0.142. The first-order chi connectivity index (χ1) is 6.63. The van der Waals surface area contributed by atoms with Crippen LogP contribution in [0, 0.1) is 0 Å². The van der Waals surface area contributed by atoms with E-state index in [1.165, 1.54) is 19.4 Å². The van der Waals surface area contributed by atoms with Crippen molar-refractivity contribution in [2.45, 2.75) is 12.5 Å². The Hall–Kier alpha value is -1.62. The molecule has 0 saturated carbocycles. The Morgan fingerprint density at radius 3 is 2.86 bits per heavy atom. The Morgan fingerprint density at radius 2 is 2.36 bits per heavy atom. The number of aromatic nitrogens is 1. The average Bonchev–Trinajstić information content (AvgIpc) is 2.20. The van der Waals surface area contributed by atoms with E-state index in [9.17, 15) is 9.59 Å². The van der Waals surface area contributed by atoms with Crippen LogP contribution >= 0.6 is 0 Å². The van der Waals surface area contributed by atoms with Crippen LogP contribution in [-0.2, 0) is 16.0 Å². The highest BCUT2D eigenvalue weighted by atomic mass is 16.5. The lowest BCUT2D eigenvalue weighted by Gasteiger charge is -2.08. The van der Waals surface area contributed by atoms with Gasteiger partial charge in [0.15, 0.2) is 0 Å². The van der Waals surface area contributed by atoms with E-state index in [0.29, 0.717) is 6.42 Å². The van der Waals surface area contributed by atoms with Gasteiger partial charge in [0.25, 0.3) is 0 Å². The van der Waals surface area contributed by atoms with Gasteiger partial charge in [-0.15, -0.1) is 0 Å². The Balaban J connectivity index is 2.65. The summed E-state index contributed by atoms with van der Waals surface area (Å²) in [5.41, 5.74) is 6.15. The quantitative estimate of drug-likeness (QED) is 0.633. The molecule has 0 aliphatic heterocycles. The van der Waals surface area contributed by atoms with E-state index in [1.54, 1.807) is 6.07 Å². The molecule has 0 bridgehead atoms. The van der Waals surface area contributed by atoms with Gasteiger partial charge in [-0.05, 0) is 12.0 Å². The summed E-state index contributed by atoms with van der Waals surface area (Å²) in [5, 5.41) is 0. The second-order valence-corrected chi connectivity index (χ2v) is 2.89. The molecule has 5 nitrogen and oxygen atoms in total. The first kappa shape index (κ1) is 10.5. The molecule has 0 amide bonds. The van der Waals surface area contributed by atoms with Crippen molar-refractivity contribution in [3.8, 4) is 0 Å². The molecule has 3 N–H and O–H groups in total. The fourth-order valence-electron chi connectivity index (χ4n) is 1.06. The number of nitrogens with one attached hydrogen (secondary N) is 1. The summed E-state index contributed by atoms with van der Waals surface area (Å²) in [6.07, 6.45) is 1.88. The molecule has 0 aliphatic rings. The molecule has 0 aromatic carbocycles. The molecule has 1 aromatic heterocycles. The van der Waals surface area contributed by atoms with E-state index in [4.69, 9.17) is 5.73 Å². The van der Waals surface area contributed by atoms with Crippen LogP contribution in [0.4, 0.5) is 0 Å². The van der Waals surface area contributed by atoms with Crippen molar-refractivity contribution in [1.29, 1.82) is 0 Å². The van der Waals surface area contributed by atoms with Gasteiger partial charge in [-0.1, -0.05) is 6.07 Å². The average molecular weight is 196 g/mol. The summed E-state index contributed by atoms with van der Waals surface area (Å²) < 4.78 is 4.47. The van der Waals surface area contributed by atoms with Crippen molar-refractivity contribution in [3.05, 3.63) is 34.2 Å². The molecule has 0 unspecified atom stereocenters. The van der Waals surface area contributed by atoms with Gasteiger partial charge in [0.2, 0.25) is 5.56 Å². The van der Waals surface area contributed by atoms with Crippen molar-refractivity contribution in [2.75, 3.05) is 7.11 Å². The number of pyridine rings is 1. The van der Waals surface area contributed by atoms with Gasteiger partial charge in [0.05, 0.1) is 7.11 Å². The molecule has 0 spiro atoms. The van der Waals surface area contributed by atoms with Crippen LogP contribution in [0.2, 0.25) is 0 Å². The zero-order valence-corrected chi connectivity index (χ0v) is 7.82. The highest BCUT2D eigenvalue weighted by Gasteiger charge is 2.13. The van der Waals surface area contributed by atoms with E-state index < -0.39 is 12.0 Å². The maximum absolute atomic E-state index is 11.0. The summed E-state index contributed by atoms with van der Waals surface area (Å²) in [5.74, 6) is -0.462. The van der Waals surface area contributed by atoms with Crippen molar-refractivity contribution in [1.82, 2.24) is 4.98 Å². The highest BCUT2D eigenvalue weighted by molar-refractivity contribution is 5.75. The van der Waals surface area contributed by atoms with Crippen molar-refractivity contribution in [2.24, 2.45) is 5.73 Å². The van der Waals surface area contributed by atoms with Gasteiger partial charge in [0, 0.05) is 12.3 Å². The topological polar surface area (TPSA) is 85.2 Å². The number of carbonyl (C=O) groups is 1. The van der Waals surface area contributed by atoms with E-state index in [1.807, 2.05) is 0 Å². The molecule has 0 aliphatic carbocycles. The van der Waals surface area contributed by atoms with Crippen LogP contribution in [0.5, 0.6) is 0 Å². The van der Waals surface area contributed by atoms with Gasteiger partial charge in [-0.25, -0.2) is 0 Å². The number of ether oxygens (including phenoxy) is 1. The number of carbonyl (C=O) groups excluding carboxylic acids is 1. The highest BCUT2D eigenvalue weighted by Crippen LogP contribution is 1.99. The molecule has 1 rings (SSSR count). The summed E-state index contributed by atoms with van der Waals surface area (Å²) in [4.78, 5) is 24.2. The molecule has 1 heterocycles. The minimum atomic E-state index is -0.689. The van der Waals surface area contributed by atoms with Crippen molar-refractivity contribution >= 4 is 5.97 Å². The maximum Gasteiger partial charge on any atom is 0.322 e. The van der Waals surface area contributed by atoms with Crippen LogP contribution < -0.4 is 11.3 Å². The minimum absolute atomic E-state index is 0.180. The van der Waals surface area contributed by atoms with Gasteiger partial charge in [-0.2, -0.15) is 0 Å². The molecule has 14 heavy (non-hydrogen) atoms. The number of nitrogens with two attached hydrogens (primary N) is 1. The normalized spacial score (nSPS) is 12.1. The first-order valence-corrected chi connectivity index (χ1v) is 4.14. The molecule has 0 fully saturated rings. The third-order valence-electron chi connectivity index (χ3n) is 1.81. The Bertz CT molecular complexity index is 352. The van der Waals surface area contributed by atoms with Crippen molar-refractivity contribution < 1.29 is 9.53 Å². The van der Waals surface area contributed by atoms with Crippen molar-refractivity contribution in [3.63, 3.8) is 0 Å². The number of methoxy groups -OCH3 is 1. The zero-order valence-electron chi connectivity index (χ0n) is 7.82. The second kappa shape index (κ2) is 4.57. The van der Waals surface area contributed by atoms with Crippen LogP contribution in [0.15, 0.2) is 23.1 Å². The van der Waals surface area contributed by atoms with Gasteiger partial charge in [-0.3, -0.25) is 9.59 Å². The van der Waals surface area contributed by atoms with Crippen LogP contribution in [0.25, 0.3) is 0 Å². The number of esters is 1. The predicted octanol–water partition coefficient (Wildman–Crippen LogP) is -0.582. The summed E-state index contributed by atoms with van der Waals surface area (Å²) in [6, 6.07) is 2.33. The maximum atomic E-state index is 11.0. The third-order valence-corrected chi connectivity index (χ3v) is 1.81. The van der Waals surface area contributed by atoms with Crippen LogP contribution in [-0.4, -0.2) is 24.1 Å². The minimum Gasteiger partial charge on any atom is -0.468 e. The monoisotopic (exact) mass is 196 g/mol. The van der Waals surface area contributed by atoms with Gasteiger partial charge in [0.1, 0.15) is 6.04 Å². The Morgan fingerprint density at radius 1 is 1.64 bits per heavy atom. The molecule has 1 atom stereocenters. The zero-order chi connectivity index (χ0) is 10.6.